The minimum absolute atomic E-state index is 0.223. The minimum atomic E-state index is -0.290. The maximum absolute atomic E-state index is 13.6. The summed E-state index contributed by atoms with van der Waals surface area (Å²) in [6.07, 6.45) is 4.71. The fourth-order valence-electron chi connectivity index (χ4n) is 2.30. The SMILES string of the molecule is CCC1(NCc2ccc(C#N)cc2F)CCC1. The van der Waals surface area contributed by atoms with E-state index in [1.165, 1.54) is 25.3 Å². The summed E-state index contributed by atoms with van der Waals surface area (Å²) in [6.45, 7) is 2.71. The van der Waals surface area contributed by atoms with Gasteiger partial charge in [0.15, 0.2) is 0 Å². The number of halogens is 1. The molecule has 2 nitrogen and oxygen atoms in total. The Balaban J connectivity index is 2.02. The van der Waals surface area contributed by atoms with Crippen molar-refractivity contribution in [3.63, 3.8) is 0 Å². The number of nitrogens with zero attached hydrogens (tertiary/aromatic N) is 1. The average molecular weight is 232 g/mol. The predicted octanol–water partition coefficient (Wildman–Crippen LogP) is 3.12. The lowest BCUT2D eigenvalue weighted by Gasteiger charge is -2.42. The third-order valence-corrected chi connectivity index (χ3v) is 3.82. The van der Waals surface area contributed by atoms with Crippen molar-refractivity contribution in [2.24, 2.45) is 0 Å². The summed E-state index contributed by atoms with van der Waals surface area (Å²) in [5, 5.41) is 12.1. The zero-order valence-electron chi connectivity index (χ0n) is 10.1. The van der Waals surface area contributed by atoms with Crippen LogP contribution in [0.3, 0.4) is 0 Å². The molecule has 0 heterocycles. The molecule has 0 amide bonds. The maximum atomic E-state index is 13.6. The first kappa shape index (κ1) is 12.1. The van der Waals surface area contributed by atoms with E-state index in [0.717, 1.165) is 6.42 Å². The van der Waals surface area contributed by atoms with Crippen molar-refractivity contribution < 1.29 is 4.39 Å². The number of hydrogen-bond acceptors (Lipinski definition) is 2. The molecule has 1 fully saturated rings. The summed E-state index contributed by atoms with van der Waals surface area (Å²) < 4.78 is 13.6. The van der Waals surface area contributed by atoms with Crippen LogP contribution in [0.15, 0.2) is 18.2 Å². The van der Waals surface area contributed by atoms with Gasteiger partial charge < -0.3 is 5.32 Å². The molecule has 1 aliphatic carbocycles. The molecule has 1 aromatic carbocycles. The molecular weight excluding hydrogens is 215 g/mol. The molecule has 1 aromatic rings. The van der Waals surface area contributed by atoms with E-state index < -0.39 is 0 Å². The van der Waals surface area contributed by atoms with Crippen LogP contribution >= 0.6 is 0 Å². The lowest BCUT2D eigenvalue weighted by Crippen LogP contribution is -2.49. The van der Waals surface area contributed by atoms with E-state index in [1.807, 2.05) is 6.07 Å². The highest BCUT2D eigenvalue weighted by Crippen LogP contribution is 2.34. The lowest BCUT2D eigenvalue weighted by molar-refractivity contribution is 0.175. The van der Waals surface area contributed by atoms with E-state index >= 15 is 0 Å². The Kier molecular flexibility index (Phi) is 3.44. The fourth-order valence-corrected chi connectivity index (χ4v) is 2.30. The van der Waals surface area contributed by atoms with Gasteiger partial charge in [-0.3, -0.25) is 0 Å². The van der Waals surface area contributed by atoms with Crippen molar-refractivity contribution in [1.29, 1.82) is 5.26 Å². The third-order valence-electron chi connectivity index (χ3n) is 3.82. The van der Waals surface area contributed by atoms with Crippen LogP contribution in [0, 0.1) is 17.1 Å². The molecule has 0 unspecified atom stereocenters. The van der Waals surface area contributed by atoms with Crippen LogP contribution in [-0.2, 0) is 6.54 Å². The normalized spacial score (nSPS) is 17.2. The Morgan fingerprint density at radius 3 is 2.71 bits per heavy atom. The fraction of sp³-hybridized carbons (Fsp3) is 0.500. The van der Waals surface area contributed by atoms with E-state index in [9.17, 15) is 4.39 Å². The first-order valence-corrected chi connectivity index (χ1v) is 6.13. The van der Waals surface area contributed by atoms with Crippen LogP contribution < -0.4 is 5.32 Å². The zero-order valence-corrected chi connectivity index (χ0v) is 10.1. The highest BCUT2D eigenvalue weighted by Gasteiger charge is 2.34. The first-order valence-electron chi connectivity index (χ1n) is 6.13. The number of benzene rings is 1. The molecule has 1 aliphatic rings. The molecular formula is C14H17FN2. The summed E-state index contributed by atoms with van der Waals surface area (Å²) in [6, 6.07) is 6.61. The molecule has 0 aromatic heterocycles. The van der Waals surface area contributed by atoms with Crippen LogP contribution in [0.25, 0.3) is 0 Å². The topological polar surface area (TPSA) is 35.8 Å². The number of nitrogens with one attached hydrogen (secondary N) is 1. The van der Waals surface area contributed by atoms with Crippen LogP contribution in [0.2, 0.25) is 0 Å². The van der Waals surface area contributed by atoms with Crippen LogP contribution in [0.1, 0.15) is 43.7 Å². The molecule has 0 atom stereocenters. The summed E-state index contributed by atoms with van der Waals surface area (Å²) in [7, 11) is 0. The highest BCUT2D eigenvalue weighted by molar-refractivity contribution is 5.32. The van der Waals surface area contributed by atoms with Gasteiger partial charge in [-0.1, -0.05) is 13.0 Å². The Bertz CT molecular complexity index is 439. The lowest BCUT2D eigenvalue weighted by atomic mass is 9.75. The van der Waals surface area contributed by atoms with Gasteiger partial charge in [-0.05, 0) is 37.8 Å². The van der Waals surface area contributed by atoms with Crippen LogP contribution in [0.5, 0.6) is 0 Å². The zero-order chi connectivity index (χ0) is 12.3. The van der Waals surface area contributed by atoms with Gasteiger partial charge in [0, 0.05) is 17.6 Å². The van der Waals surface area contributed by atoms with Gasteiger partial charge in [0.25, 0.3) is 0 Å². The molecule has 2 rings (SSSR count). The molecule has 1 saturated carbocycles. The van der Waals surface area contributed by atoms with Crippen LogP contribution in [-0.4, -0.2) is 5.54 Å². The second-order valence-electron chi connectivity index (χ2n) is 4.76. The number of hydrogen-bond donors (Lipinski definition) is 1. The first-order chi connectivity index (χ1) is 8.19. The molecule has 1 N–H and O–H groups in total. The van der Waals surface area contributed by atoms with Crippen molar-refractivity contribution in [3.8, 4) is 6.07 Å². The molecule has 17 heavy (non-hydrogen) atoms. The summed E-state index contributed by atoms with van der Waals surface area (Å²) in [4.78, 5) is 0. The van der Waals surface area contributed by atoms with Gasteiger partial charge >= 0.3 is 0 Å². The van der Waals surface area contributed by atoms with E-state index in [2.05, 4.69) is 12.2 Å². The van der Waals surface area contributed by atoms with Crippen molar-refractivity contribution in [3.05, 3.63) is 35.1 Å². The minimum Gasteiger partial charge on any atom is -0.307 e. The Labute approximate surface area is 101 Å². The smallest absolute Gasteiger partial charge is 0.129 e. The third kappa shape index (κ3) is 2.48. The van der Waals surface area contributed by atoms with Crippen molar-refractivity contribution in [2.45, 2.75) is 44.7 Å². The summed E-state index contributed by atoms with van der Waals surface area (Å²) in [5.74, 6) is -0.290. The predicted molar refractivity (Wildman–Crippen MR) is 64.8 cm³/mol. The van der Waals surface area contributed by atoms with E-state index in [0.29, 0.717) is 17.7 Å². The summed E-state index contributed by atoms with van der Waals surface area (Å²) >= 11 is 0. The number of rotatable bonds is 4. The Hall–Kier alpha value is -1.40. The largest absolute Gasteiger partial charge is 0.307 e. The molecule has 0 bridgehead atoms. The molecule has 0 saturated heterocycles. The van der Waals surface area contributed by atoms with Crippen molar-refractivity contribution in [1.82, 2.24) is 5.32 Å². The quantitative estimate of drug-likeness (QED) is 0.865. The van der Waals surface area contributed by atoms with Gasteiger partial charge in [0.1, 0.15) is 5.82 Å². The van der Waals surface area contributed by atoms with Crippen molar-refractivity contribution >= 4 is 0 Å². The van der Waals surface area contributed by atoms with Crippen molar-refractivity contribution in [2.75, 3.05) is 0 Å². The summed E-state index contributed by atoms with van der Waals surface area (Å²) in [5.41, 5.74) is 1.24. The highest BCUT2D eigenvalue weighted by atomic mass is 19.1. The van der Waals surface area contributed by atoms with Gasteiger partial charge in [0.05, 0.1) is 11.6 Å². The van der Waals surface area contributed by atoms with E-state index in [1.54, 1.807) is 12.1 Å². The molecule has 0 radical (unpaired) electrons. The monoisotopic (exact) mass is 232 g/mol. The van der Waals surface area contributed by atoms with Gasteiger partial charge in [-0.2, -0.15) is 5.26 Å². The Morgan fingerprint density at radius 2 is 2.24 bits per heavy atom. The average Bonchev–Trinajstić information content (AvgIpc) is 2.30. The van der Waals surface area contributed by atoms with Gasteiger partial charge in [-0.25, -0.2) is 4.39 Å². The second-order valence-corrected chi connectivity index (χ2v) is 4.76. The van der Waals surface area contributed by atoms with E-state index in [4.69, 9.17) is 5.26 Å². The molecule has 3 heteroatoms. The molecule has 0 aliphatic heterocycles. The molecule has 90 valence electrons. The maximum Gasteiger partial charge on any atom is 0.129 e. The molecule has 0 spiro atoms. The standard InChI is InChI=1S/C14H17FN2/c1-2-14(6-3-7-14)17-10-12-5-4-11(9-16)8-13(12)15/h4-5,8,17H,2-3,6-7,10H2,1H3. The van der Waals surface area contributed by atoms with E-state index in [-0.39, 0.29) is 11.4 Å². The second kappa shape index (κ2) is 4.85. The van der Waals surface area contributed by atoms with Crippen LogP contribution in [0.4, 0.5) is 4.39 Å². The number of nitriles is 1. The Morgan fingerprint density at radius 1 is 1.47 bits per heavy atom. The van der Waals surface area contributed by atoms with Gasteiger partial charge in [0.2, 0.25) is 0 Å². The van der Waals surface area contributed by atoms with Gasteiger partial charge in [-0.15, -0.1) is 0 Å².